The largest absolute Gasteiger partial charge is 0.444 e. The van der Waals surface area contributed by atoms with Crippen LogP contribution < -0.4 is 10.6 Å². The highest BCUT2D eigenvalue weighted by Gasteiger charge is 2.18. The first kappa shape index (κ1) is 17.3. The lowest BCUT2D eigenvalue weighted by Crippen LogP contribution is -2.33. The number of ether oxygens (including phenoxy) is 1. The molecule has 0 radical (unpaired) electrons. The van der Waals surface area contributed by atoms with Gasteiger partial charge in [-0.25, -0.2) is 4.79 Å². The molecule has 0 heterocycles. The van der Waals surface area contributed by atoms with Crippen molar-refractivity contribution < 1.29 is 14.3 Å². The third-order valence-electron chi connectivity index (χ3n) is 3.74. The molecule has 0 unspecified atom stereocenters. The van der Waals surface area contributed by atoms with E-state index in [2.05, 4.69) is 10.6 Å². The summed E-state index contributed by atoms with van der Waals surface area (Å²) in [6, 6.07) is 7.59. The molecule has 0 bridgehead atoms. The van der Waals surface area contributed by atoms with Crippen LogP contribution in [-0.2, 0) is 11.3 Å². The van der Waals surface area contributed by atoms with E-state index in [-0.39, 0.29) is 5.91 Å². The summed E-state index contributed by atoms with van der Waals surface area (Å²) in [6.45, 7) is 5.85. The first-order valence-electron chi connectivity index (χ1n) is 8.20. The molecule has 2 amide bonds. The number of hydrogen-bond acceptors (Lipinski definition) is 3. The van der Waals surface area contributed by atoms with Crippen LogP contribution in [0, 0.1) is 0 Å². The van der Waals surface area contributed by atoms with Crippen LogP contribution in [0.3, 0.4) is 0 Å². The van der Waals surface area contributed by atoms with Crippen LogP contribution in [0.15, 0.2) is 24.3 Å². The Morgan fingerprint density at radius 1 is 1.13 bits per heavy atom. The van der Waals surface area contributed by atoms with E-state index < -0.39 is 11.7 Å². The molecule has 126 valence electrons. The van der Waals surface area contributed by atoms with Gasteiger partial charge in [-0.15, -0.1) is 0 Å². The summed E-state index contributed by atoms with van der Waals surface area (Å²) >= 11 is 0. The van der Waals surface area contributed by atoms with Crippen LogP contribution in [0.5, 0.6) is 0 Å². The zero-order valence-corrected chi connectivity index (χ0v) is 14.1. The zero-order chi connectivity index (χ0) is 16.9. The number of carbonyl (C=O) groups is 2. The van der Waals surface area contributed by atoms with Gasteiger partial charge in [-0.1, -0.05) is 25.0 Å². The van der Waals surface area contributed by atoms with E-state index in [4.69, 9.17) is 4.74 Å². The Hall–Kier alpha value is -2.04. The summed E-state index contributed by atoms with van der Waals surface area (Å²) in [4.78, 5) is 23.7. The van der Waals surface area contributed by atoms with Gasteiger partial charge < -0.3 is 15.4 Å². The second-order valence-electron chi connectivity index (χ2n) is 7.01. The van der Waals surface area contributed by atoms with Crippen molar-refractivity contribution in [1.29, 1.82) is 0 Å². The van der Waals surface area contributed by atoms with Crippen LogP contribution in [0.1, 0.15) is 62.4 Å². The average molecular weight is 318 g/mol. The van der Waals surface area contributed by atoms with E-state index in [1.165, 1.54) is 12.8 Å². The van der Waals surface area contributed by atoms with Gasteiger partial charge in [-0.2, -0.15) is 0 Å². The molecule has 0 atom stereocenters. The minimum Gasteiger partial charge on any atom is -0.444 e. The van der Waals surface area contributed by atoms with Crippen molar-refractivity contribution in [2.75, 3.05) is 0 Å². The lowest BCUT2D eigenvalue weighted by atomic mass is 10.1. The van der Waals surface area contributed by atoms with E-state index >= 15 is 0 Å². The van der Waals surface area contributed by atoms with E-state index in [1.807, 2.05) is 32.9 Å². The van der Waals surface area contributed by atoms with Crippen molar-refractivity contribution in [2.45, 2.75) is 64.6 Å². The van der Waals surface area contributed by atoms with Crippen molar-refractivity contribution in [1.82, 2.24) is 10.6 Å². The molecule has 23 heavy (non-hydrogen) atoms. The maximum Gasteiger partial charge on any atom is 0.407 e. The van der Waals surface area contributed by atoms with Gasteiger partial charge in [-0.05, 0) is 51.3 Å². The molecule has 0 saturated heterocycles. The fourth-order valence-electron chi connectivity index (χ4n) is 2.60. The van der Waals surface area contributed by atoms with Gasteiger partial charge in [0.25, 0.3) is 5.91 Å². The first-order chi connectivity index (χ1) is 10.8. The fourth-order valence-corrected chi connectivity index (χ4v) is 2.60. The number of nitrogens with one attached hydrogen (secondary N) is 2. The molecule has 2 N–H and O–H groups in total. The molecule has 1 saturated carbocycles. The fraction of sp³-hybridized carbons (Fsp3) is 0.556. The van der Waals surface area contributed by atoms with Gasteiger partial charge in [-0.3, -0.25) is 4.79 Å². The van der Waals surface area contributed by atoms with Gasteiger partial charge in [0.15, 0.2) is 0 Å². The lowest BCUT2D eigenvalue weighted by molar-refractivity contribution is 0.0523. The lowest BCUT2D eigenvalue weighted by Gasteiger charge is -2.19. The summed E-state index contributed by atoms with van der Waals surface area (Å²) < 4.78 is 5.18. The van der Waals surface area contributed by atoms with Gasteiger partial charge in [0, 0.05) is 18.2 Å². The molecule has 1 aromatic rings. The highest BCUT2D eigenvalue weighted by Crippen LogP contribution is 2.18. The van der Waals surface area contributed by atoms with Gasteiger partial charge in [0.1, 0.15) is 5.60 Å². The minimum atomic E-state index is -0.508. The smallest absolute Gasteiger partial charge is 0.407 e. The Bertz CT molecular complexity index is 540. The Morgan fingerprint density at radius 3 is 2.30 bits per heavy atom. The Labute approximate surface area is 137 Å². The van der Waals surface area contributed by atoms with Crippen molar-refractivity contribution in [3.63, 3.8) is 0 Å². The molecule has 1 fully saturated rings. The number of rotatable bonds is 4. The SMILES string of the molecule is CC(C)(C)OC(=O)NCc1ccc(C(=O)NC2CCCC2)cc1. The summed E-state index contributed by atoms with van der Waals surface area (Å²) in [6.07, 6.45) is 4.09. The van der Waals surface area contributed by atoms with E-state index in [0.29, 0.717) is 18.2 Å². The maximum atomic E-state index is 12.1. The molecule has 1 aliphatic rings. The van der Waals surface area contributed by atoms with Crippen molar-refractivity contribution in [3.05, 3.63) is 35.4 Å². The third-order valence-corrected chi connectivity index (χ3v) is 3.74. The van der Waals surface area contributed by atoms with E-state index in [0.717, 1.165) is 18.4 Å². The second-order valence-corrected chi connectivity index (χ2v) is 7.01. The molecule has 1 aliphatic carbocycles. The zero-order valence-electron chi connectivity index (χ0n) is 14.1. The predicted molar refractivity (Wildman–Crippen MR) is 89.2 cm³/mol. The molecule has 5 heteroatoms. The molecule has 2 rings (SSSR count). The van der Waals surface area contributed by atoms with Crippen LogP contribution in [0.25, 0.3) is 0 Å². The third kappa shape index (κ3) is 5.93. The first-order valence-corrected chi connectivity index (χ1v) is 8.20. The normalized spacial score (nSPS) is 15.3. The van der Waals surface area contributed by atoms with Crippen LogP contribution >= 0.6 is 0 Å². The topological polar surface area (TPSA) is 67.4 Å². The quantitative estimate of drug-likeness (QED) is 0.894. The number of amides is 2. The molecule has 0 aromatic heterocycles. The van der Waals surface area contributed by atoms with Gasteiger partial charge in [0.2, 0.25) is 0 Å². The summed E-state index contributed by atoms with van der Waals surface area (Å²) in [7, 11) is 0. The number of hydrogen-bond donors (Lipinski definition) is 2. The molecule has 0 aliphatic heterocycles. The number of alkyl carbamates (subject to hydrolysis) is 1. The highest BCUT2D eigenvalue weighted by atomic mass is 16.6. The van der Waals surface area contributed by atoms with Gasteiger partial charge in [0.05, 0.1) is 0 Å². The average Bonchev–Trinajstić information content (AvgIpc) is 2.97. The van der Waals surface area contributed by atoms with Crippen LogP contribution in [0.2, 0.25) is 0 Å². The predicted octanol–water partition coefficient (Wildman–Crippen LogP) is 3.38. The summed E-state index contributed by atoms with van der Waals surface area (Å²) in [5, 5.41) is 5.76. The van der Waals surface area contributed by atoms with E-state index in [9.17, 15) is 9.59 Å². The number of benzene rings is 1. The van der Waals surface area contributed by atoms with Crippen LogP contribution in [0.4, 0.5) is 4.79 Å². The van der Waals surface area contributed by atoms with E-state index in [1.54, 1.807) is 12.1 Å². The van der Waals surface area contributed by atoms with Gasteiger partial charge >= 0.3 is 6.09 Å². The summed E-state index contributed by atoms with van der Waals surface area (Å²) in [5.41, 5.74) is 1.07. The second kappa shape index (κ2) is 7.49. The minimum absolute atomic E-state index is 0.0245. The monoisotopic (exact) mass is 318 g/mol. The Kier molecular flexibility index (Phi) is 5.64. The molecule has 5 nitrogen and oxygen atoms in total. The molecule has 1 aromatic carbocycles. The number of carbonyl (C=O) groups excluding carboxylic acids is 2. The van der Waals surface area contributed by atoms with Crippen molar-refractivity contribution >= 4 is 12.0 Å². The maximum absolute atomic E-state index is 12.1. The Balaban J connectivity index is 1.82. The molecular weight excluding hydrogens is 292 g/mol. The molecule has 0 spiro atoms. The Morgan fingerprint density at radius 2 is 1.74 bits per heavy atom. The van der Waals surface area contributed by atoms with Crippen LogP contribution in [-0.4, -0.2) is 23.6 Å². The highest BCUT2D eigenvalue weighted by molar-refractivity contribution is 5.94. The molecular formula is C18H26N2O3. The standard InChI is InChI=1S/C18H26N2O3/c1-18(2,3)23-17(22)19-12-13-8-10-14(11-9-13)16(21)20-15-6-4-5-7-15/h8-11,15H,4-7,12H2,1-3H3,(H,19,22)(H,20,21). The van der Waals surface area contributed by atoms with Crippen molar-refractivity contribution in [2.24, 2.45) is 0 Å². The summed E-state index contributed by atoms with van der Waals surface area (Å²) in [5.74, 6) is -0.0245. The van der Waals surface area contributed by atoms with Crippen molar-refractivity contribution in [3.8, 4) is 0 Å².